The number of aryl methyl sites for hydroxylation is 1. The minimum Gasteiger partial charge on any atom is -0.479 e. The monoisotopic (exact) mass is 199 g/mol. The van der Waals surface area contributed by atoms with Gasteiger partial charge < -0.3 is 10.4 Å². The van der Waals surface area contributed by atoms with Crippen molar-refractivity contribution in [3.8, 4) is 0 Å². The second-order valence-electron chi connectivity index (χ2n) is 2.50. The first-order valence-electron chi connectivity index (χ1n) is 3.64. The van der Waals surface area contributed by atoms with Gasteiger partial charge in [0.25, 0.3) is 0 Å². The summed E-state index contributed by atoms with van der Waals surface area (Å²) in [5.41, 5.74) is 0. The molecule has 1 aromatic heterocycles. The highest BCUT2D eigenvalue weighted by molar-refractivity contribution is 7.12. The number of hydrogen-bond acceptors (Lipinski definition) is 3. The summed E-state index contributed by atoms with van der Waals surface area (Å²) in [6.45, 7) is 1.88. The van der Waals surface area contributed by atoms with Gasteiger partial charge in [-0.25, -0.2) is 4.79 Å². The van der Waals surface area contributed by atoms with E-state index in [1.54, 1.807) is 6.07 Å². The fourth-order valence-corrected chi connectivity index (χ4v) is 1.88. The first-order valence-corrected chi connectivity index (χ1v) is 4.45. The van der Waals surface area contributed by atoms with Crippen LogP contribution in [-0.4, -0.2) is 17.5 Å². The van der Waals surface area contributed by atoms with E-state index in [1.807, 2.05) is 13.0 Å². The number of nitrogens with one attached hydrogen (secondary N) is 1. The van der Waals surface area contributed by atoms with Crippen molar-refractivity contribution in [2.45, 2.75) is 13.0 Å². The normalized spacial score (nSPS) is 12.1. The van der Waals surface area contributed by atoms with Crippen LogP contribution < -0.4 is 5.32 Å². The van der Waals surface area contributed by atoms with Gasteiger partial charge in [0.2, 0.25) is 6.41 Å². The molecular formula is C8H9NO3S. The molecule has 2 N–H and O–H groups in total. The summed E-state index contributed by atoms with van der Waals surface area (Å²) in [4.78, 5) is 22.5. The Kier molecular flexibility index (Phi) is 3.02. The molecular weight excluding hydrogens is 190 g/mol. The first kappa shape index (κ1) is 9.73. The molecule has 1 amide bonds. The highest BCUT2D eigenvalue weighted by Gasteiger charge is 2.19. The second kappa shape index (κ2) is 4.04. The van der Waals surface area contributed by atoms with Gasteiger partial charge in [-0.15, -0.1) is 11.3 Å². The summed E-state index contributed by atoms with van der Waals surface area (Å²) in [6, 6.07) is 2.61. The third kappa shape index (κ3) is 2.29. The molecule has 1 unspecified atom stereocenters. The van der Waals surface area contributed by atoms with Crippen LogP contribution in [0, 0.1) is 6.92 Å². The Morgan fingerprint density at radius 3 is 2.77 bits per heavy atom. The van der Waals surface area contributed by atoms with Gasteiger partial charge in [-0.3, -0.25) is 4.79 Å². The predicted molar refractivity (Wildman–Crippen MR) is 48.6 cm³/mol. The number of rotatable bonds is 4. The van der Waals surface area contributed by atoms with Crippen molar-refractivity contribution in [1.29, 1.82) is 0 Å². The lowest BCUT2D eigenvalue weighted by Gasteiger charge is -2.07. The van der Waals surface area contributed by atoms with Gasteiger partial charge in [-0.1, -0.05) is 0 Å². The van der Waals surface area contributed by atoms with Crippen molar-refractivity contribution in [2.75, 3.05) is 0 Å². The number of hydrogen-bond donors (Lipinski definition) is 2. The fraction of sp³-hybridized carbons (Fsp3) is 0.250. The summed E-state index contributed by atoms with van der Waals surface area (Å²) in [6.07, 6.45) is 0.397. The number of thiophene rings is 1. The zero-order valence-electron chi connectivity index (χ0n) is 6.98. The van der Waals surface area contributed by atoms with Gasteiger partial charge in [0.15, 0.2) is 6.04 Å². The molecule has 1 heterocycles. The summed E-state index contributed by atoms with van der Waals surface area (Å²) < 4.78 is 0. The molecule has 1 rings (SSSR count). The molecule has 13 heavy (non-hydrogen) atoms. The van der Waals surface area contributed by atoms with Crippen molar-refractivity contribution in [3.63, 3.8) is 0 Å². The van der Waals surface area contributed by atoms with Crippen molar-refractivity contribution in [2.24, 2.45) is 0 Å². The van der Waals surface area contributed by atoms with Crippen molar-refractivity contribution in [1.82, 2.24) is 5.32 Å². The molecule has 0 aromatic carbocycles. The Bertz CT molecular complexity index is 321. The smallest absolute Gasteiger partial charge is 0.331 e. The summed E-state index contributed by atoms with van der Waals surface area (Å²) in [5, 5.41) is 11.0. The van der Waals surface area contributed by atoms with E-state index in [0.717, 1.165) is 4.88 Å². The highest BCUT2D eigenvalue weighted by atomic mass is 32.1. The molecule has 0 bridgehead atoms. The van der Waals surface area contributed by atoms with Gasteiger partial charge >= 0.3 is 5.97 Å². The van der Waals surface area contributed by atoms with Gasteiger partial charge in [-0.05, 0) is 19.1 Å². The molecule has 70 valence electrons. The van der Waals surface area contributed by atoms with Crippen LogP contribution in [0.5, 0.6) is 0 Å². The van der Waals surface area contributed by atoms with Crippen molar-refractivity contribution in [3.05, 3.63) is 21.9 Å². The van der Waals surface area contributed by atoms with Crippen molar-refractivity contribution < 1.29 is 14.7 Å². The third-order valence-corrected chi connectivity index (χ3v) is 2.59. The van der Waals surface area contributed by atoms with Crippen LogP contribution >= 0.6 is 11.3 Å². The van der Waals surface area contributed by atoms with E-state index in [2.05, 4.69) is 5.32 Å². The van der Waals surface area contributed by atoms with Crippen molar-refractivity contribution >= 4 is 23.7 Å². The molecule has 5 heteroatoms. The molecule has 0 saturated heterocycles. The van der Waals surface area contributed by atoms with E-state index >= 15 is 0 Å². The van der Waals surface area contributed by atoms with E-state index < -0.39 is 12.0 Å². The number of carboxylic acid groups (broad SMARTS) is 1. The summed E-state index contributed by atoms with van der Waals surface area (Å²) in [5.74, 6) is -1.05. The Balaban J connectivity index is 2.87. The molecule has 0 spiro atoms. The lowest BCUT2D eigenvalue weighted by molar-refractivity contribution is -0.140. The summed E-state index contributed by atoms with van der Waals surface area (Å²) >= 11 is 1.36. The predicted octanol–water partition coefficient (Wildman–Crippen LogP) is 0.928. The number of amides is 1. The minimum atomic E-state index is -1.05. The second-order valence-corrected chi connectivity index (χ2v) is 3.82. The number of carbonyl (C=O) groups is 2. The van der Waals surface area contributed by atoms with Gasteiger partial charge in [0.1, 0.15) is 0 Å². The Morgan fingerprint density at radius 2 is 2.38 bits per heavy atom. The SMILES string of the molecule is Cc1ccc(C(NC=O)C(=O)O)s1. The zero-order chi connectivity index (χ0) is 9.84. The molecule has 4 nitrogen and oxygen atoms in total. The van der Waals surface area contributed by atoms with Crippen LogP contribution in [0.1, 0.15) is 15.8 Å². The van der Waals surface area contributed by atoms with E-state index in [-0.39, 0.29) is 0 Å². The highest BCUT2D eigenvalue weighted by Crippen LogP contribution is 2.22. The van der Waals surface area contributed by atoms with Crippen LogP contribution in [0.3, 0.4) is 0 Å². The Morgan fingerprint density at radius 1 is 1.69 bits per heavy atom. The average Bonchev–Trinajstić information content (AvgIpc) is 2.46. The molecule has 0 fully saturated rings. The lowest BCUT2D eigenvalue weighted by atomic mass is 10.2. The summed E-state index contributed by atoms with van der Waals surface area (Å²) in [7, 11) is 0. The van der Waals surface area contributed by atoms with E-state index in [0.29, 0.717) is 11.3 Å². The topological polar surface area (TPSA) is 66.4 Å². The van der Waals surface area contributed by atoms with E-state index in [9.17, 15) is 9.59 Å². The minimum absolute atomic E-state index is 0.397. The number of carboxylic acids is 1. The molecule has 0 saturated carbocycles. The fourth-order valence-electron chi connectivity index (χ4n) is 0.952. The Labute approximate surface area is 79.2 Å². The lowest BCUT2D eigenvalue weighted by Crippen LogP contribution is -2.26. The molecule has 0 aliphatic carbocycles. The Hall–Kier alpha value is -1.36. The standard InChI is InChI=1S/C8H9NO3S/c1-5-2-3-6(13-5)7(8(11)12)9-4-10/h2-4,7H,1H3,(H,9,10)(H,11,12). The number of aliphatic carboxylic acids is 1. The van der Waals surface area contributed by atoms with Crippen LogP contribution in [-0.2, 0) is 9.59 Å². The van der Waals surface area contributed by atoms with E-state index in [1.165, 1.54) is 11.3 Å². The largest absolute Gasteiger partial charge is 0.479 e. The van der Waals surface area contributed by atoms with Crippen LogP contribution in [0.4, 0.5) is 0 Å². The van der Waals surface area contributed by atoms with Gasteiger partial charge in [0, 0.05) is 9.75 Å². The molecule has 0 aliphatic rings. The molecule has 1 aromatic rings. The molecule has 0 aliphatic heterocycles. The molecule has 1 atom stereocenters. The maximum absolute atomic E-state index is 10.7. The van der Waals surface area contributed by atoms with Crippen LogP contribution in [0.15, 0.2) is 12.1 Å². The maximum Gasteiger partial charge on any atom is 0.331 e. The first-order chi connectivity index (χ1) is 6.15. The maximum atomic E-state index is 10.7. The van der Waals surface area contributed by atoms with E-state index in [4.69, 9.17) is 5.11 Å². The number of carbonyl (C=O) groups excluding carboxylic acids is 1. The molecule has 0 radical (unpaired) electrons. The quantitative estimate of drug-likeness (QED) is 0.709. The van der Waals surface area contributed by atoms with Crippen LogP contribution in [0.25, 0.3) is 0 Å². The van der Waals surface area contributed by atoms with Gasteiger partial charge in [0.05, 0.1) is 0 Å². The third-order valence-electron chi connectivity index (χ3n) is 1.53. The van der Waals surface area contributed by atoms with Crippen LogP contribution in [0.2, 0.25) is 0 Å². The van der Waals surface area contributed by atoms with Gasteiger partial charge in [-0.2, -0.15) is 0 Å². The average molecular weight is 199 g/mol. The zero-order valence-corrected chi connectivity index (χ0v) is 7.80.